The van der Waals surface area contributed by atoms with Gasteiger partial charge in [0.1, 0.15) is 0 Å². The summed E-state index contributed by atoms with van der Waals surface area (Å²) in [6.45, 7) is 4.49. The zero-order valence-electron chi connectivity index (χ0n) is 15.4. The Labute approximate surface area is 149 Å². The van der Waals surface area contributed by atoms with Crippen LogP contribution >= 0.6 is 0 Å². The molecule has 2 aliphatic rings. The highest BCUT2D eigenvalue weighted by atomic mass is 15.3. The van der Waals surface area contributed by atoms with Crippen LogP contribution in [0.2, 0.25) is 0 Å². The van der Waals surface area contributed by atoms with Gasteiger partial charge in [-0.25, -0.2) is 9.97 Å². The summed E-state index contributed by atoms with van der Waals surface area (Å²) < 4.78 is 2.03. The molecule has 3 heterocycles. The number of hydrogen-bond acceptors (Lipinski definition) is 5. The van der Waals surface area contributed by atoms with Crippen LogP contribution in [0, 0.1) is 0 Å². The molecule has 1 atom stereocenters. The minimum absolute atomic E-state index is 0.243. The maximum atomic E-state index is 4.96. The molecule has 1 aliphatic heterocycles. The van der Waals surface area contributed by atoms with E-state index >= 15 is 0 Å². The van der Waals surface area contributed by atoms with Gasteiger partial charge < -0.3 is 9.80 Å². The van der Waals surface area contributed by atoms with E-state index in [0.29, 0.717) is 0 Å². The number of fused-ring (bicyclic) bond motifs is 2. The lowest BCUT2D eigenvalue weighted by Gasteiger charge is -2.40. The predicted octanol–water partition coefficient (Wildman–Crippen LogP) is 2.11. The molecule has 0 aromatic carbocycles. The molecule has 6 nitrogen and oxygen atoms in total. The minimum Gasteiger partial charge on any atom is -0.347 e. The summed E-state index contributed by atoms with van der Waals surface area (Å²) in [4.78, 5) is 14.1. The van der Waals surface area contributed by atoms with Crippen LogP contribution in [-0.2, 0) is 18.4 Å². The maximum absolute atomic E-state index is 4.96. The monoisotopic (exact) mass is 340 g/mol. The van der Waals surface area contributed by atoms with Crippen molar-refractivity contribution in [1.82, 2.24) is 24.6 Å². The first-order valence-corrected chi connectivity index (χ1v) is 9.40. The standard InChI is InChI=1S/C19H28N6/c1-23(2)18-20-14-16-6-8-19(17(16)22-18)7-3-10-24(15-19)11-5-13-25-12-4-9-21-25/h4,9,12,14H,3,5-8,10-11,13,15H2,1-2H3. The highest BCUT2D eigenvalue weighted by Crippen LogP contribution is 2.44. The Kier molecular flexibility index (Phi) is 4.46. The van der Waals surface area contributed by atoms with Crippen LogP contribution in [0.3, 0.4) is 0 Å². The van der Waals surface area contributed by atoms with Crippen LogP contribution in [0.1, 0.15) is 36.9 Å². The van der Waals surface area contributed by atoms with Crippen LogP contribution in [0.25, 0.3) is 0 Å². The summed E-state index contributed by atoms with van der Waals surface area (Å²) in [6.07, 6.45) is 12.0. The second kappa shape index (κ2) is 6.75. The molecular formula is C19H28N6. The van der Waals surface area contributed by atoms with Crippen LogP contribution in [0.4, 0.5) is 5.95 Å². The number of anilines is 1. The summed E-state index contributed by atoms with van der Waals surface area (Å²) >= 11 is 0. The Morgan fingerprint density at radius 2 is 2.16 bits per heavy atom. The van der Waals surface area contributed by atoms with Gasteiger partial charge >= 0.3 is 0 Å². The van der Waals surface area contributed by atoms with E-state index in [4.69, 9.17) is 4.98 Å². The van der Waals surface area contributed by atoms with Crippen LogP contribution in [0.15, 0.2) is 24.7 Å². The van der Waals surface area contributed by atoms with Crippen molar-refractivity contribution in [2.75, 3.05) is 38.6 Å². The number of hydrogen-bond donors (Lipinski definition) is 0. The van der Waals surface area contributed by atoms with E-state index in [0.717, 1.165) is 38.4 Å². The molecule has 1 unspecified atom stereocenters. The molecule has 0 saturated carbocycles. The third kappa shape index (κ3) is 3.27. The lowest BCUT2D eigenvalue weighted by molar-refractivity contribution is 0.140. The van der Waals surface area contributed by atoms with E-state index in [-0.39, 0.29) is 5.41 Å². The summed E-state index contributed by atoms with van der Waals surface area (Å²) in [5.41, 5.74) is 2.93. The van der Waals surface area contributed by atoms with Crippen molar-refractivity contribution >= 4 is 5.95 Å². The topological polar surface area (TPSA) is 50.1 Å². The average molecular weight is 340 g/mol. The molecule has 2 aromatic rings. The Bertz CT molecular complexity index is 707. The molecule has 0 amide bonds. The molecule has 6 heteroatoms. The molecule has 1 fully saturated rings. The van der Waals surface area contributed by atoms with E-state index in [1.54, 1.807) is 0 Å². The van der Waals surface area contributed by atoms with Crippen LogP contribution in [-0.4, -0.2) is 58.4 Å². The summed E-state index contributed by atoms with van der Waals surface area (Å²) in [7, 11) is 4.04. The van der Waals surface area contributed by atoms with E-state index in [9.17, 15) is 0 Å². The molecule has 1 aliphatic carbocycles. The Morgan fingerprint density at radius 1 is 1.24 bits per heavy atom. The Hall–Kier alpha value is -1.95. The number of aryl methyl sites for hydroxylation is 2. The van der Waals surface area contributed by atoms with E-state index < -0.39 is 0 Å². The van der Waals surface area contributed by atoms with Crippen molar-refractivity contribution in [1.29, 1.82) is 0 Å². The maximum Gasteiger partial charge on any atom is 0.225 e. The zero-order chi connectivity index (χ0) is 17.3. The number of rotatable bonds is 5. The number of likely N-dealkylation sites (tertiary alicyclic amines) is 1. The molecular weight excluding hydrogens is 312 g/mol. The molecule has 0 radical (unpaired) electrons. The van der Waals surface area contributed by atoms with Gasteiger partial charge in [-0.2, -0.15) is 5.10 Å². The van der Waals surface area contributed by atoms with Gasteiger partial charge in [-0.3, -0.25) is 4.68 Å². The van der Waals surface area contributed by atoms with Gasteiger partial charge in [0.05, 0.1) is 5.69 Å². The quantitative estimate of drug-likeness (QED) is 0.834. The van der Waals surface area contributed by atoms with Gasteiger partial charge in [0.2, 0.25) is 5.95 Å². The first kappa shape index (κ1) is 16.5. The average Bonchev–Trinajstić information content (AvgIpc) is 3.24. The molecule has 1 saturated heterocycles. The molecule has 0 bridgehead atoms. The van der Waals surface area contributed by atoms with E-state index in [1.165, 1.54) is 37.1 Å². The van der Waals surface area contributed by atoms with Gasteiger partial charge in [0, 0.05) is 51.2 Å². The normalized spacial score (nSPS) is 23.1. The summed E-state index contributed by atoms with van der Waals surface area (Å²) in [6, 6.07) is 1.99. The third-order valence-corrected chi connectivity index (χ3v) is 5.70. The number of aromatic nitrogens is 4. The Balaban J connectivity index is 1.45. The van der Waals surface area contributed by atoms with Gasteiger partial charge in [-0.1, -0.05) is 0 Å². The van der Waals surface area contributed by atoms with Crippen molar-refractivity contribution in [2.45, 2.75) is 44.1 Å². The van der Waals surface area contributed by atoms with Crippen LogP contribution < -0.4 is 4.90 Å². The predicted molar refractivity (Wildman–Crippen MR) is 98.9 cm³/mol. The molecule has 134 valence electrons. The van der Waals surface area contributed by atoms with Gasteiger partial charge in [-0.05, 0) is 56.8 Å². The van der Waals surface area contributed by atoms with Gasteiger partial charge in [-0.15, -0.1) is 0 Å². The fourth-order valence-electron chi connectivity index (χ4n) is 4.45. The molecule has 25 heavy (non-hydrogen) atoms. The number of piperidine rings is 1. The van der Waals surface area contributed by atoms with Gasteiger partial charge in [0.25, 0.3) is 0 Å². The van der Waals surface area contributed by atoms with E-state index in [2.05, 4.69) is 21.2 Å². The first-order valence-electron chi connectivity index (χ1n) is 9.40. The Morgan fingerprint density at radius 3 is 2.96 bits per heavy atom. The fourth-order valence-corrected chi connectivity index (χ4v) is 4.45. The van der Waals surface area contributed by atoms with Crippen molar-refractivity contribution in [3.05, 3.63) is 35.9 Å². The smallest absolute Gasteiger partial charge is 0.225 e. The largest absolute Gasteiger partial charge is 0.347 e. The zero-order valence-corrected chi connectivity index (χ0v) is 15.4. The van der Waals surface area contributed by atoms with Crippen LogP contribution in [0.5, 0.6) is 0 Å². The highest BCUT2D eigenvalue weighted by molar-refractivity contribution is 5.39. The summed E-state index contributed by atoms with van der Waals surface area (Å²) in [5.74, 6) is 0.843. The van der Waals surface area contributed by atoms with Crippen molar-refractivity contribution in [3.8, 4) is 0 Å². The lowest BCUT2D eigenvalue weighted by Crippen LogP contribution is -2.45. The van der Waals surface area contributed by atoms with Gasteiger partial charge in [0.15, 0.2) is 0 Å². The first-order chi connectivity index (χ1) is 12.2. The molecule has 0 N–H and O–H groups in total. The van der Waals surface area contributed by atoms with Crippen molar-refractivity contribution in [3.63, 3.8) is 0 Å². The molecule has 2 aromatic heterocycles. The molecule has 1 spiro atoms. The van der Waals surface area contributed by atoms with Crippen molar-refractivity contribution < 1.29 is 0 Å². The second-order valence-electron chi connectivity index (χ2n) is 7.72. The fraction of sp³-hybridized carbons (Fsp3) is 0.632. The van der Waals surface area contributed by atoms with E-state index in [1.807, 2.05) is 42.1 Å². The lowest BCUT2D eigenvalue weighted by atomic mass is 9.77. The molecule has 4 rings (SSSR count). The minimum atomic E-state index is 0.243. The SMILES string of the molecule is CN(C)c1ncc2c(n1)C1(CCCN(CCCn3cccn3)C1)CC2. The third-order valence-electron chi connectivity index (χ3n) is 5.70. The summed E-state index contributed by atoms with van der Waals surface area (Å²) in [5, 5.41) is 4.30. The highest BCUT2D eigenvalue weighted by Gasteiger charge is 2.43. The second-order valence-corrected chi connectivity index (χ2v) is 7.72. The number of nitrogens with zero attached hydrogens (tertiary/aromatic N) is 6. The van der Waals surface area contributed by atoms with Crippen molar-refractivity contribution in [2.24, 2.45) is 0 Å².